The second kappa shape index (κ2) is 8.04. The van der Waals surface area contributed by atoms with Gasteiger partial charge in [-0.05, 0) is 6.07 Å². The van der Waals surface area contributed by atoms with Crippen LogP contribution >= 0.6 is 23.5 Å². The quantitative estimate of drug-likeness (QED) is 0.247. The minimum absolute atomic E-state index is 0.00926. The van der Waals surface area contributed by atoms with Crippen LogP contribution < -0.4 is 11.2 Å². The lowest BCUT2D eigenvalue weighted by molar-refractivity contribution is 0.204. The molecule has 22 heavy (non-hydrogen) atoms. The number of phosphoric acid groups is 3. The third-order valence-corrected chi connectivity index (χ3v) is 4.55. The first-order valence-corrected chi connectivity index (χ1v) is 9.08. The van der Waals surface area contributed by atoms with Crippen molar-refractivity contribution in [1.29, 1.82) is 0 Å². The molecule has 0 bridgehead atoms. The second-order valence-electron chi connectivity index (χ2n) is 3.00. The molecule has 128 valence electrons. The summed E-state index contributed by atoms with van der Waals surface area (Å²) in [4.78, 5) is 55.9. The number of rotatable bonds is 5. The largest absolute Gasteiger partial charge is 0.490 e. The number of anilines is 1. The van der Waals surface area contributed by atoms with Gasteiger partial charge >= 0.3 is 29.2 Å². The maximum absolute atomic E-state index is 11.5. The molecule has 0 aliphatic heterocycles. The number of hydrogen-bond acceptors (Lipinski definition) is 8. The third kappa shape index (κ3) is 11.7. The molecule has 1 rings (SSSR count). The van der Waals surface area contributed by atoms with Crippen molar-refractivity contribution in [3.8, 4) is 0 Å². The molecule has 0 fully saturated rings. The average Bonchev–Trinajstić information content (AvgIpc) is 2.22. The van der Waals surface area contributed by atoms with E-state index < -0.39 is 29.2 Å². The highest BCUT2D eigenvalue weighted by atomic mass is 31.3. The Labute approximate surface area is 120 Å². The van der Waals surface area contributed by atoms with Crippen LogP contribution in [0.25, 0.3) is 0 Å². The van der Waals surface area contributed by atoms with Crippen LogP contribution in [0.5, 0.6) is 0 Å². The van der Waals surface area contributed by atoms with Crippen molar-refractivity contribution in [2.24, 2.45) is 0 Å². The van der Waals surface area contributed by atoms with E-state index in [2.05, 4.69) is 18.6 Å². The normalized spacial score (nSPS) is 12.3. The minimum Gasteiger partial charge on any atom is -0.302 e. The fraction of sp³-hybridized carbons (Fsp3) is 0. The zero-order valence-electron chi connectivity index (χ0n) is 10.0. The SMILES string of the molecule is O=P(O)(O)OP(=O)(O)OP(=O)(O)O.O=c1nccc(NF)[nH]1. The predicted molar refractivity (Wildman–Crippen MR) is 65.7 cm³/mol. The number of halogens is 1. The predicted octanol–water partition coefficient (Wildman–Crippen LogP) is -0.628. The van der Waals surface area contributed by atoms with E-state index in [1.807, 2.05) is 0 Å². The number of aromatic nitrogens is 2. The zero-order valence-corrected chi connectivity index (χ0v) is 12.7. The van der Waals surface area contributed by atoms with Gasteiger partial charge in [-0.15, -0.1) is 4.48 Å². The highest BCUT2D eigenvalue weighted by molar-refractivity contribution is 7.66. The molecule has 18 heteroatoms. The molecule has 0 aliphatic carbocycles. The maximum atomic E-state index is 11.5. The van der Waals surface area contributed by atoms with Crippen molar-refractivity contribution in [3.63, 3.8) is 0 Å². The van der Waals surface area contributed by atoms with E-state index in [0.29, 0.717) is 0 Å². The Bertz CT molecular complexity index is 651. The standard InChI is InChI=1S/C4H4FN3O.H5O10P3/c5-8-3-1-2-6-4(9)7-3;1-11(2,3)9-13(7,8)10-12(4,5)6/h1-2H,(H2,6,7,8,9);(H,7,8)(H2,1,2,3)(H2,4,5,6). The summed E-state index contributed by atoms with van der Waals surface area (Å²) in [6.45, 7) is 0. The van der Waals surface area contributed by atoms with Gasteiger partial charge in [0.1, 0.15) is 5.82 Å². The molecule has 0 amide bonds. The van der Waals surface area contributed by atoms with Crippen molar-refractivity contribution in [1.82, 2.24) is 9.97 Å². The summed E-state index contributed by atoms with van der Waals surface area (Å²) in [7, 11) is -16.2. The number of H-pyrrole nitrogens is 1. The molecule has 7 N–H and O–H groups in total. The lowest BCUT2D eigenvalue weighted by Gasteiger charge is -2.11. The topological polar surface area (TPSA) is 229 Å². The summed E-state index contributed by atoms with van der Waals surface area (Å²) >= 11 is 0. The van der Waals surface area contributed by atoms with Crippen LogP contribution in [0.15, 0.2) is 17.1 Å². The highest BCUT2D eigenvalue weighted by Crippen LogP contribution is 2.64. The van der Waals surface area contributed by atoms with Gasteiger partial charge in [0.15, 0.2) is 0 Å². The van der Waals surface area contributed by atoms with Gasteiger partial charge < -0.3 is 24.5 Å². The zero-order chi connectivity index (χ0) is 17.6. The van der Waals surface area contributed by atoms with Crippen LogP contribution in [-0.2, 0) is 22.3 Å². The molecule has 1 aromatic rings. The van der Waals surface area contributed by atoms with Gasteiger partial charge in [-0.25, -0.2) is 29.0 Å². The van der Waals surface area contributed by atoms with Crippen LogP contribution in [0.2, 0.25) is 0 Å². The summed E-state index contributed by atoms with van der Waals surface area (Å²) in [5.41, 5.74) is 0.701. The Morgan fingerprint density at radius 2 is 1.55 bits per heavy atom. The lowest BCUT2D eigenvalue weighted by atomic mass is 10.6. The molecule has 1 aromatic heterocycles. The van der Waals surface area contributed by atoms with Gasteiger partial charge in [0.05, 0.1) is 0 Å². The Hall–Kier alpha value is -0.980. The molecule has 0 unspecified atom stereocenters. The summed E-state index contributed by atoms with van der Waals surface area (Å²) in [5.74, 6) is 0.00926. The number of nitrogens with one attached hydrogen (secondary N) is 2. The van der Waals surface area contributed by atoms with Crippen LogP contribution in [0.4, 0.5) is 10.3 Å². The molecule has 1 heterocycles. The first-order chi connectivity index (χ1) is 9.74. The Morgan fingerprint density at radius 3 is 1.82 bits per heavy atom. The van der Waals surface area contributed by atoms with Crippen molar-refractivity contribution >= 4 is 29.3 Å². The van der Waals surface area contributed by atoms with Crippen LogP contribution in [0.3, 0.4) is 0 Å². The molecular weight excluding hydrogens is 378 g/mol. The van der Waals surface area contributed by atoms with Crippen LogP contribution in [-0.4, -0.2) is 34.4 Å². The molecular formula is C4H9FN3O11P3. The van der Waals surface area contributed by atoms with Crippen molar-refractivity contribution in [3.05, 3.63) is 22.7 Å². The van der Waals surface area contributed by atoms with E-state index in [1.165, 1.54) is 17.8 Å². The van der Waals surface area contributed by atoms with Gasteiger partial charge in [0.25, 0.3) is 0 Å². The molecule has 0 spiro atoms. The smallest absolute Gasteiger partial charge is 0.302 e. The number of nitrogens with zero attached hydrogens (tertiary/aromatic N) is 1. The van der Waals surface area contributed by atoms with Crippen LogP contribution in [0.1, 0.15) is 0 Å². The number of hydrogen-bond donors (Lipinski definition) is 7. The van der Waals surface area contributed by atoms with E-state index in [-0.39, 0.29) is 5.82 Å². The molecule has 0 aromatic carbocycles. The van der Waals surface area contributed by atoms with E-state index in [4.69, 9.17) is 24.5 Å². The molecule has 0 atom stereocenters. The van der Waals surface area contributed by atoms with E-state index in [9.17, 15) is 23.0 Å². The summed E-state index contributed by atoms with van der Waals surface area (Å²) < 4.78 is 47.8. The summed E-state index contributed by atoms with van der Waals surface area (Å²) in [5, 5.41) is 0. The molecule has 0 aliphatic rings. The molecule has 14 nitrogen and oxygen atoms in total. The first kappa shape index (κ1) is 21.0. The minimum atomic E-state index is -5.46. The summed E-state index contributed by atoms with van der Waals surface area (Å²) in [6, 6.07) is 1.31. The highest BCUT2D eigenvalue weighted by Gasteiger charge is 2.38. The van der Waals surface area contributed by atoms with Crippen LogP contribution in [0, 0.1) is 0 Å². The fourth-order valence-corrected chi connectivity index (χ4v) is 3.25. The molecule has 0 saturated carbocycles. The van der Waals surface area contributed by atoms with Gasteiger partial charge in [0.2, 0.25) is 0 Å². The summed E-state index contributed by atoms with van der Waals surface area (Å²) in [6.07, 6.45) is 1.21. The van der Waals surface area contributed by atoms with Crippen molar-refractivity contribution in [2.45, 2.75) is 0 Å². The third-order valence-electron chi connectivity index (χ3n) is 1.20. The Kier molecular flexibility index (Phi) is 7.68. The van der Waals surface area contributed by atoms with Gasteiger partial charge in [-0.1, -0.05) is 0 Å². The van der Waals surface area contributed by atoms with E-state index >= 15 is 0 Å². The van der Waals surface area contributed by atoms with Gasteiger partial charge in [0, 0.05) is 6.20 Å². The molecule has 0 radical (unpaired) electrons. The second-order valence-corrected chi connectivity index (χ2v) is 7.20. The first-order valence-electron chi connectivity index (χ1n) is 4.52. The Morgan fingerprint density at radius 1 is 1.09 bits per heavy atom. The maximum Gasteiger partial charge on any atom is 0.490 e. The average molecular weight is 387 g/mol. The van der Waals surface area contributed by atoms with Crippen molar-refractivity contribution < 1.29 is 51.3 Å². The monoisotopic (exact) mass is 387 g/mol. The van der Waals surface area contributed by atoms with E-state index in [1.54, 1.807) is 0 Å². The van der Waals surface area contributed by atoms with Crippen molar-refractivity contribution in [2.75, 3.05) is 5.54 Å². The number of aromatic amines is 1. The fourth-order valence-electron chi connectivity index (χ4n) is 0.707. The van der Waals surface area contributed by atoms with E-state index in [0.717, 1.165) is 0 Å². The molecule has 0 saturated heterocycles. The van der Waals surface area contributed by atoms with Gasteiger partial charge in [-0.3, -0.25) is 4.98 Å². The van der Waals surface area contributed by atoms with Gasteiger partial charge in [-0.2, -0.15) is 8.62 Å². The Balaban J connectivity index is 0.000000425. The lowest BCUT2D eigenvalue weighted by Crippen LogP contribution is -2.09.